The number of methoxy groups -OCH3 is 2. The van der Waals surface area contributed by atoms with Crippen LogP contribution in [0.15, 0.2) is 122 Å². The number of hydrogen-bond donors (Lipinski definition) is 2. The zero-order valence-corrected chi connectivity index (χ0v) is 29.4. The first-order valence-electron chi connectivity index (χ1n) is 16.5. The van der Waals surface area contributed by atoms with Crippen LogP contribution in [0.5, 0.6) is 11.5 Å². The van der Waals surface area contributed by atoms with E-state index in [2.05, 4.69) is 20.6 Å². The van der Waals surface area contributed by atoms with Crippen LogP contribution < -0.4 is 29.9 Å². The molecule has 1 aromatic heterocycles. The number of anilines is 2. The molecular formula is C40H40N6O6. The van der Waals surface area contributed by atoms with Crippen molar-refractivity contribution >= 4 is 35.0 Å². The third kappa shape index (κ3) is 9.36. The molecule has 1 heterocycles. The Morgan fingerprint density at radius 1 is 0.577 bits per heavy atom. The Morgan fingerprint density at radius 2 is 0.942 bits per heavy atom. The van der Waals surface area contributed by atoms with Crippen LogP contribution in [0.2, 0.25) is 0 Å². The minimum Gasteiger partial charge on any atom is -0.497 e. The second-order valence-electron chi connectivity index (χ2n) is 11.9. The summed E-state index contributed by atoms with van der Waals surface area (Å²) in [7, 11) is 6.36. The first kappa shape index (κ1) is 36.7. The van der Waals surface area contributed by atoms with Gasteiger partial charge in [0.25, 0.3) is 11.8 Å². The lowest BCUT2D eigenvalue weighted by Crippen LogP contribution is -2.49. The number of amides is 4. The maximum atomic E-state index is 13.8. The van der Waals surface area contributed by atoms with Crippen LogP contribution in [-0.4, -0.2) is 74.0 Å². The molecule has 0 saturated heterocycles. The molecule has 52 heavy (non-hydrogen) atoms. The number of nitrogens with zero attached hydrogens (tertiary/aromatic N) is 4. The van der Waals surface area contributed by atoms with Crippen LogP contribution in [0.25, 0.3) is 0 Å². The zero-order valence-electron chi connectivity index (χ0n) is 29.4. The van der Waals surface area contributed by atoms with Crippen molar-refractivity contribution in [2.45, 2.75) is 24.9 Å². The van der Waals surface area contributed by atoms with Gasteiger partial charge in [-0.25, -0.2) is 4.98 Å². The third-order valence-corrected chi connectivity index (χ3v) is 8.45. The van der Waals surface area contributed by atoms with Gasteiger partial charge in [0, 0.05) is 38.3 Å². The van der Waals surface area contributed by atoms with Crippen molar-refractivity contribution in [1.29, 1.82) is 0 Å². The van der Waals surface area contributed by atoms with Gasteiger partial charge in [0.2, 0.25) is 11.8 Å². The number of likely N-dealkylation sites (N-methyl/N-ethyl adjacent to an activating group) is 2. The largest absolute Gasteiger partial charge is 0.497 e. The summed E-state index contributed by atoms with van der Waals surface area (Å²) in [4.78, 5) is 66.2. The van der Waals surface area contributed by atoms with Gasteiger partial charge < -0.3 is 29.9 Å². The van der Waals surface area contributed by atoms with E-state index in [0.717, 1.165) is 11.1 Å². The summed E-state index contributed by atoms with van der Waals surface area (Å²) < 4.78 is 10.5. The summed E-state index contributed by atoms with van der Waals surface area (Å²) in [6.07, 6.45) is 2.83. The number of aromatic nitrogens is 2. The van der Waals surface area contributed by atoms with Gasteiger partial charge in [0.15, 0.2) is 0 Å². The predicted molar refractivity (Wildman–Crippen MR) is 198 cm³/mol. The molecule has 0 aliphatic rings. The fourth-order valence-electron chi connectivity index (χ4n) is 5.48. The van der Waals surface area contributed by atoms with E-state index < -0.39 is 23.9 Å². The molecule has 0 aliphatic carbocycles. The number of hydrogen-bond acceptors (Lipinski definition) is 8. The molecule has 0 radical (unpaired) electrons. The second-order valence-corrected chi connectivity index (χ2v) is 11.9. The van der Waals surface area contributed by atoms with Crippen LogP contribution in [0.1, 0.15) is 32.1 Å². The highest BCUT2D eigenvalue weighted by molar-refractivity contribution is 6.03. The Labute approximate surface area is 302 Å². The van der Waals surface area contributed by atoms with Crippen LogP contribution >= 0.6 is 0 Å². The molecule has 0 fully saturated rings. The number of benzene rings is 4. The fraction of sp³-hybridized carbons (Fsp3) is 0.200. The maximum Gasteiger partial charge on any atom is 0.272 e. The smallest absolute Gasteiger partial charge is 0.272 e. The van der Waals surface area contributed by atoms with Crippen LogP contribution in [0.3, 0.4) is 0 Å². The van der Waals surface area contributed by atoms with Gasteiger partial charge in [-0.05, 0) is 59.7 Å². The Kier molecular flexibility index (Phi) is 12.3. The molecule has 0 spiro atoms. The van der Waals surface area contributed by atoms with Crippen molar-refractivity contribution in [3.05, 3.63) is 144 Å². The van der Waals surface area contributed by atoms with Crippen LogP contribution in [-0.2, 0) is 22.4 Å². The standard InChI is InChI=1S/C40H40N6O6/c1-45(29-15-19-31(51-3)20-16-29)39(49)33(23-27-11-7-5-8-12-27)43-37(47)35-25-41-26-36(42-35)38(48)44-34(24-28-13-9-6-10-14-28)40(50)46(2)30-17-21-32(52-4)22-18-30/h5-22,25-26,33-34H,23-24H2,1-4H3,(H,43,47)(H,44,48)/t33-,34-/m0/s1. The molecular weight excluding hydrogens is 660 g/mol. The molecule has 2 atom stereocenters. The molecule has 5 rings (SSSR count). The monoisotopic (exact) mass is 700 g/mol. The molecule has 4 aromatic carbocycles. The van der Waals surface area contributed by atoms with E-state index in [-0.39, 0.29) is 36.0 Å². The van der Waals surface area contributed by atoms with Crippen molar-refractivity contribution in [2.75, 3.05) is 38.1 Å². The van der Waals surface area contributed by atoms with Crippen molar-refractivity contribution < 1.29 is 28.7 Å². The highest BCUT2D eigenvalue weighted by Gasteiger charge is 2.29. The Hall–Kier alpha value is -6.56. The number of carbonyl (C=O) groups excluding carboxylic acids is 4. The molecule has 0 saturated carbocycles. The van der Waals surface area contributed by atoms with Gasteiger partial charge in [-0.15, -0.1) is 0 Å². The summed E-state index contributed by atoms with van der Waals surface area (Å²) in [6, 6.07) is 30.6. The molecule has 12 nitrogen and oxygen atoms in total. The highest BCUT2D eigenvalue weighted by Crippen LogP contribution is 2.21. The van der Waals surface area contributed by atoms with E-state index in [9.17, 15) is 19.2 Å². The van der Waals surface area contributed by atoms with E-state index in [0.29, 0.717) is 22.9 Å². The number of carbonyl (C=O) groups is 4. The van der Waals surface area contributed by atoms with Gasteiger partial charge in [-0.3, -0.25) is 24.2 Å². The number of rotatable bonds is 14. The van der Waals surface area contributed by atoms with E-state index in [1.165, 1.54) is 22.2 Å². The molecule has 12 heteroatoms. The Bertz CT molecular complexity index is 1830. The van der Waals surface area contributed by atoms with Crippen molar-refractivity contribution in [3.63, 3.8) is 0 Å². The Morgan fingerprint density at radius 3 is 1.29 bits per heavy atom. The lowest BCUT2D eigenvalue weighted by molar-refractivity contribution is -0.120. The topological polar surface area (TPSA) is 143 Å². The third-order valence-electron chi connectivity index (χ3n) is 8.45. The molecule has 5 aromatic rings. The van der Waals surface area contributed by atoms with E-state index in [1.54, 1.807) is 76.8 Å². The SMILES string of the molecule is COc1ccc(N(C)C(=O)[C@H](Cc2ccccc2)NC(=O)c2cncc(C(=O)N[C@@H](Cc3ccccc3)C(=O)N(C)c3ccc(OC)cc3)n2)cc1. The van der Waals surface area contributed by atoms with E-state index in [1.807, 2.05) is 60.7 Å². The lowest BCUT2D eigenvalue weighted by atomic mass is 10.0. The first-order valence-corrected chi connectivity index (χ1v) is 16.5. The van der Waals surface area contributed by atoms with Crippen LogP contribution in [0.4, 0.5) is 11.4 Å². The molecule has 0 unspecified atom stereocenters. The van der Waals surface area contributed by atoms with Crippen LogP contribution in [0, 0.1) is 0 Å². The average Bonchev–Trinajstić information content (AvgIpc) is 3.20. The van der Waals surface area contributed by atoms with Gasteiger partial charge in [-0.2, -0.15) is 0 Å². The highest BCUT2D eigenvalue weighted by atomic mass is 16.5. The van der Waals surface area contributed by atoms with Crippen molar-refractivity contribution in [2.24, 2.45) is 0 Å². The van der Waals surface area contributed by atoms with Gasteiger partial charge in [0.1, 0.15) is 35.0 Å². The summed E-state index contributed by atoms with van der Waals surface area (Å²) in [5.41, 5.74) is 2.52. The second kappa shape index (κ2) is 17.4. The first-order chi connectivity index (χ1) is 25.2. The molecule has 0 bridgehead atoms. The Balaban J connectivity index is 1.35. The summed E-state index contributed by atoms with van der Waals surface area (Å²) in [5.74, 6) is -0.853. The van der Waals surface area contributed by atoms with Gasteiger partial charge in [-0.1, -0.05) is 60.7 Å². The number of nitrogens with one attached hydrogen (secondary N) is 2. The summed E-state index contributed by atoms with van der Waals surface area (Å²) in [5, 5.41) is 5.59. The predicted octanol–water partition coefficient (Wildman–Crippen LogP) is 4.50. The molecule has 2 N–H and O–H groups in total. The maximum absolute atomic E-state index is 13.8. The van der Waals surface area contributed by atoms with E-state index >= 15 is 0 Å². The summed E-state index contributed by atoms with van der Waals surface area (Å²) in [6.45, 7) is 0. The number of ether oxygens (including phenoxy) is 2. The normalized spacial score (nSPS) is 11.8. The minimum atomic E-state index is -0.984. The molecule has 0 aliphatic heterocycles. The molecule has 266 valence electrons. The average molecular weight is 701 g/mol. The molecule has 4 amide bonds. The van der Waals surface area contributed by atoms with Crippen molar-refractivity contribution in [3.8, 4) is 11.5 Å². The quantitative estimate of drug-likeness (QED) is 0.173. The minimum absolute atomic E-state index is 0.174. The van der Waals surface area contributed by atoms with Gasteiger partial charge in [0.05, 0.1) is 26.6 Å². The van der Waals surface area contributed by atoms with Gasteiger partial charge >= 0.3 is 0 Å². The zero-order chi connectivity index (χ0) is 37.0. The summed E-state index contributed by atoms with van der Waals surface area (Å²) >= 11 is 0. The van der Waals surface area contributed by atoms with E-state index in [4.69, 9.17) is 9.47 Å². The lowest BCUT2D eigenvalue weighted by Gasteiger charge is -2.25. The van der Waals surface area contributed by atoms with Crippen molar-refractivity contribution in [1.82, 2.24) is 20.6 Å². The fourth-order valence-corrected chi connectivity index (χ4v) is 5.48.